The van der Waals surface area contributed by atoms with Gasteiger partial charge in [0.15, 0.2) is 0 Å². The maximum Gasteiger partial charge on any atom is 0.127 e. The highest BCUT2D eigenvalue weighted by atomic mass is 19.1. The van der Waals surface area contributed by atoms with E-state index in [1.165, 1.54) is 24.0 Å². The second-order valence-electron chi connectivity index (χ2n) is 4.42. The monoisotopic (exact) mass is 216 g/mol. The number of hydrogen-bond acceptors (Lipinski definition) is 0. The van der Waals surface area contributed by atoms with Crippen LogP contribution >= 0.6 is 0 Å². The van der Waals surface area contributed by atoms with E-state index in [-0.39, 0.29) is 5.82 Å². The second-order valence-corrected chi connectivity index (χ2v) is 4.42. The van der Waals surface area contributed by atoms with Crippen molar-refractivity contribution in [1.29, 1.82) is 0 Å². The van der Waals surface area contributed by atoms with Gasteiger partial charge in [-0.25, -0.2) is 4.39 Å². The second kappa shape index (κ2) is 4.70. The Morgan fingerprint density at radius 2 is 1.81 bits per heavy atom. The summed E-state index contributed by atoms with van der Waals surface area (Å²) in [6, 6.07) is 1.61. The minimum absolute atomic E-state index is 0.0553. The first kappa shape index (κ1) is 11.2. The van der Waals surface area contributed by atoms with Gasteiger partial charge in [0.2, 0.25) is 0 Å². The minimum Gasteiger partial charge on any atom is -0.207 e. The molecule has 0 spiro atoms. The van der Waals surface area contributed by atoms with E-state index in [1.54, 1.807) is 13.0 Å². The zero-order valence-electron chi connectivity index (χ0n) is 9.99. The summed E-state index contributed by atoms with van der Waals surface area (Å²) in [7, 11) is 0. The first-order chi connectivity index (χ1) is 7.74. The Labute approximate surface area is 96.9 Å². The average Bonchev–Trinajstić information content (AvgIpc) is 2.51. The summed E-state index contributed by atoms with van der Waals surface area (Å²) in [5, 5.41) is 0. The van der Waals surface area contributed by atoms with Gasteiger partial charge in [-0.3, -0.25) is 0 Å². The van der Waals surface area contributed by atoms with Crippen LogP contribution in [0.3, 0.4) is 0 Å². The fourth-order valence-electron chi connectivity index (χ4n) is 2.51. The maximum atomic E-state index is 13.9. The molecule has 1 aliphatic rings. The zero-order valence-corrected chi connectivity index (χ0v) is 9.99. The summed E-state index contributed by atoms with van der Waals surface area (Å²) in [4.78, 5) is 0. The molecule has 16 heavy (non-hydrogen) atoms. The normalized spacial score (nSPS) is 14.7. The van der Waals surface area contributed by atoms with Crippen LogP contribution < -0.4 is 0 Å². The summed E-state index contributed by atoms with van der Waals surface area (Å²) in [6.45, 7) is 3.87. The number of rotatable bonds is 0. The third-order valence-corrected chi connectivity index (χ3v) is 3.39. The lowest BCUT2D eigenvalue weighted by molar-refractivity contribution is 0.603. The molecule has 84 valence electrons. The van der Waals surface area contributed by atoms with Crippen LogP contribution in [-0.2, 0) is 12.8 Å². The third-order valence-electron chi connectivity index (χ3n) is 3.39. The van der Waals surface area contributed by atoms with E-state index >= 15 is 0 Å². The van der Waals surface area contributed by atoms with E-state index < -0.39 is 0 Å². The molecule has 0 unspecified atom stereocenters. The van der Waals surface area contributed by atoms with E-state index in [4.69, 9.17) is 0 Å². The number of hydrogen-bond donors (Lipinski definition) is 0. The molecular formula is C15H17F. The van der Waals surface area contributed by atoms with E-state index in [0.29, 0.717) is 0 Å². The van der Waals surface area contributed by atoms with Crippen LogP contribution in [0.5, 0.6) is 0 Å². The lowest BCUT2D eigenvalue weighted by Crippen LogP contribution is -2.01. The molecule has 0 aliphatic heterocycles. The maximum absolute atomic E-state index is 13.9. The molecule has 0 atom stereocenters. The van der Waals surface area contributed by atoms with Crippen molar-refractivity contribution in [3.63, 3.8) is 0 Å². The van der Waals surface area contributed by atoms with E-state index in [2.05, 4.69) is 18.8 Å². The summed E-state index contributed by atoms with van der Waals surface area (Å²) < 4.78 is 13.9. The van der Waals surface area contributed by atoms with Gasteiger partial charge in [-0.2, -0.15) is 0 Å². The van der Waals surface area contributed by atoms with E-state index in [0.717, 1.165) is 30.4 Å². The molecule has 0 saturated heterocycles. The van der Waals surface area contributed by atoms with Gasteiger partial charge >= 0.3 is 0 Å². The Morgan fingerprint density at radius 3 is 2.50 bits per heavy atom. The zero-order chi connectivity index (χ0) is 11.5. The molecule has 0 N–H and O–H groups in total. The molecule has 0 heterocycles. The van der Waals surface area contributed by atoms with Gasteiger partial charge in [0, 0.05) is 5.56 Å². The van der Waals surface area contributed by atoms with Crippen molar-refractivity contribution < 1.29 is 4.39 Å². The van der Waals surface area contributed by atoms with Gasteiger partial charge in [0.05, 0.1) is 0 Å². The van der Waals surface area contributed by atoms with Crippen LogP contribution in [0.15, 0.2) is 6.07 Å². The molecule has 1 aromatic carbocycles. The third kappa shape index (κ3) is 1.97. The fraction of sp³-hybridized carbons (Fsp3) is 0.467. The molecule has 0 nitrogen and oxygen atoms in total. The van der Waals surface area contributed by atoms with Crippen LogP contribution in [0.1, 0.15) is 48.4 Å². The van der Waals surface area contributed by atoms with Crippen molar-refractivity contribution in [2.45, 2.75) is 46.0 Å². The Morgan fingerprint density at radius 1 is 1.12 bits per heavy atom. The molecule has 2 rings (SSSR count). The molecule has 0 bridgehead atoms. The Kier molecular flexibility index (Phi) is 3.29. The Balaban J connectivity index is 2.59. The number of halogens is 1. The van der Waals surface area contributed by atoms with Crippen molar-refractivity contribution >= 4 is 0 Å². The Hall–Kier alpha value is -1.29. The highest BCUT2D eigenvalue weighted by Gasteiger charge is 2.16. The number of fused-ring (bicyclic) bond motifs is 1. The molecule has 0 saturated carbocycles. The smallest absolute Gasteiger partial charge is 0.127 e. The predicted molar refractivity (Wildman–Crippen MR) is 64.9 cm³/mol. The standard InChI is InChI=1S/C15H17F/c1-3-7-12-10-15(16)14-9-6-4-5-8-13(14)11(12)2/h10H,4-6,8-9H2,1-2H3. The largest absolute Gasteiger partial charge is 0.207 e. The molecule has 1 aliphatic carbocycles. The molecule has 0 radical (unpaired) electrons. The van der Waals surface area contributed by atoms with E-state index in [1.807, 2.05) is 0 Å². The van der Waals surface area contributed by atoms with Crippen LogP contribution in [0, 0.1) is 24.6 Å². The van der Waals surface area contributed by atoms with Crippen LogP contribution in [0.2, 0.25) is 0 Å². The van der Waals surface area contributed by atoms with Gasteiger partial charge in [0.25, 0.3) is 0 Å². The molecule has 1 heteroatoms. The van der Waals surface area contributed by atoms with Crippen LogP contribution in [0.4, 0.5) is 4.39 Å². The average molecular weight is 216 g/mol. The Bertz CT molecular complexity index is 461. The van der Waals surface area contributed by atoms with Crippen molar-refractivity contribution in [2.24, 2.45) is 0 Å². The van der Waals surface area contributed by atoms with Gasteiger partial charge in [-0.1, -0.05) is 12.3 Å². The summed E-state index contributed by atoms with van der Waals surface area (Å²) in [5.41, 5.74) is 4.21. The van der Waals surface area contributed by atoms with Crippen molar-refractivity contribution in [1.82, 2.24) is 0 Å². The summed E-state index contributed by atoms with van der Waals surface area (Å²) in [5.74, 6) is 5.80. The van der Waals surface area contributed by atoms with Crippen LogP contribution in [0.25, 0.3) is 0 Å². The van der Waals surface area contributed by atoms with Crippen LogP contribution in [-0.4, -0.2) is 0 Å². The van der Waals surface area contributed by atoms with Gasteiger partial charge in [0.1, 0.15) is 5.82 Å². The number of benzene rings is 1. The highest BCUT2D eigenvalue weighted by molar-refractivity contribution is 5.49. The highest BCUT2D eigenvalue weighted by Crippen LogP contribution is 2.28. The molecule has 0 fully saturated rings. The fourth-order valence-corrected chi connectivity index (χ4v) is 2.51. The van der Waals surface area contributed by atoms with Crippen molar-refractivity contribution in [3.05, 3.63) is 34.1 Å². The van der Waals surface area contributed by atoms with E-state index in [9.17, 15) is 4.39 Å². The lowest BCUT2D eigenvalue weighted by Gasteiger charge is -2.12. The molecule has 1 aromatic rings. The molecule has 0 aromatic heterocycles. The van der Waals surface area contributed by atoms with Gasteiger partial charge in [-0.05, 0) is 62.3 Å². The minimum atomic E-state index is -0.0553. The quantitative estimate of drug-likeness (QED) is 0.457. The summed E-state index contributed by atoms with van der Waals surface area (Å²) in [6.07, 6.45) is 5.40. The first-order valence-corrected chi connectivity index (χ1v) is 5.97. The van der Waals surface area contributed by atoms with Crippen molar-refractivity contribution in [3.8, 4) is 11.8 Å². The SMILES string of the molecule is CC#Cc1cc(F)c2c(c1C)CCCCC2. The molecular weight excluding hydrogens is 199 g/mol. The molecule has 0 amide bonds. The van der Waals surface area contributed by atoms with Gasteiger partial charge in [-0.15, -0.1) is 5.92 Å². The first-order valence-electron chi connectivity index (χ1n) is 5.97. The predicted octanol–water partition coefficient (Wildman–Crippen LogP) is 3.77. The van der Waals surface area contributed by atoms with Gasteiger partial charge < -0.3 is 0 Å². The topological polar surface area (TPSA) is 0 Å². The summed E-state index contributed by atoms with van der Waals surface area (Å²) >= 11 is 0. The lowest BCUT2D eigenvalue weighted by atomic mass is 9.93. The van der Waals surface area contributed by atoms with Crippen molar-refractivity contribution in [2.75, 3.05) is 0 Å².